The highest BCUT2D eigenvalue weighted by Crippen LogP contribution is 2.33. The molecular formula is C21H20ClN3O3. The summed E-state index contributed by atoms with van der Waals surface area (Å²) in [5, 5.41) is 3.08. The van der Waals surface area contributed by atoms with Crippen molar-refractivity contribution in [3.8, 4) is 0 Å². The van der Waals surface area contributed by atoms with Crippen molar-refractivity contribution >= 4 is 29.4 Å². The van der Waals surface area contributed by atoms with E-state index in [9.17, 15) is 14.4 Å². The molecule has 4 rings (SSSR count). The van der Waals surface area contributed by atoms with E-state index in [4.69, 9.17) is 11.6 Å². The summed E-state index contributed by atoms with van der Waals surface area (Å²) in [7, 11) is 0. The number of fused-ring (bicyclic) bond motifs is 1. The van der Waals surface area contributed by atoms with E-state index < -0.39 is 17.5 Å². The van der Waals surface area contributed by atoms with Gasteiger partial charge < -0.3 is 10.2 Å². The summed E-state index contributed by atoms with van der Waals surface area (Å²) in [6.07, 6.45) is 0.763. The third-order valence-electron chi connectivity index (χ3n) is 5.46. The largest absolute Gasteiger partial charge is 0.336 e. The zero-order valence-electron chi connectivity index (χ0n) is 15.4. The summed E-state index contributed by atoms with van der Waals surface area (Å²) in [4.78, 5) is 41.0. The number of benzene rings is 2. The number of carbonyl (C=O) groups is 3. The maximum absolute atomic E-state index is 13.0. The van der Waals surface area contributed by atoms with Crippen molar-refractivity contribution in [1.82, 2.24) is 15.1 Å². The minimum absolute atomic E-state index is 0.249. The molecule has 0 spiro atoms. The van der Waals surface area contributed by atoms with Crippen LogP contribution in [0.4, 0.5) is 4.79 Å². The number of amides is 4. The Morgan fingerprint density at radius 1 is 1.11 bits per heavy atom. The van der Waals surface area contributed by atoms with Crippen LogP contribution in [-0.2, 0) is 28.1 Å². The number of hydrogen-bond acceptors (Lipinski definition) is 3. The SMILES string of the molecule is C[C@]1(c2ccccc2Cl)NC(=O)N(CC(=O)N2CCc3ccccc3C2)C1=O. The van der Waals surface area contributed by atoms with Gasteiger partial charge in [-0.25, -0.2) is 4.79 Å². The van der Waals surface area contributed by atoms with Gasteiger partial charge in [0.1, 0.15) is 12.1 Å². The van der Waals surface area contributed by atoms with Gasteiger partial charge in [0.25, 0.3) is 5.91 Å². The molecule has 2 aromatic rings. The molecular weight excluding hydrogens is 378 g/mol. The van der Waals surface area contributed by atoms with Gasteiger partial charge in [-0.05, 0) is 30.5 Å². The van der Waals surface area contributed by atoms with Crippen LogP contribution < -0.4 is 5.32 Å². The second-order valence-electron chi connectivity index (χ2n) is 7.26. The van der Waals surface area contributed by atoms with Gasteiger partial charge in [-0.2, -0.15) is 0 Å². The Morgan fingerprint density at radius 3 is 2.54 bits per heavy atom. The van der Waals surface area contributed by atoms with Gasteiger partial charge in [0, 0.05) is 23.7 Å². The van der Waals surface area contributed by atoms with Gasteiger partial charge in [0.2, 0.25) is 5.91 Å². The molecule has 1 atom stereocenters. The quantitative estimate of drug-likeness (QED) is 0.809. The molecule has 0 bridgehead atoms. The number of urea groups is 1. The van der Waals surface area contributed by atoms with Crippen LogP contribution in [-0.4, -0.2) is 40.7 Å². The molecule has 1 fully saturated rings. The maximum Gasteiger partial charge on any atom is 0.325 e. The van der Waals surface area contributed by atoms with Gasteiger partial charge in [-0.1, -0.05) is 54.1 Å². The lowest BCUT2D eigenvalue weighted by Crippen LogP contribution is -2.45. The van der Waals surface area contributed by atoms with Gasteiger partial charge in [-0.3, -0.25) is 14.5 Å². The van der Waals surface area contributed by atoms with Crippen molar-refractivity contribution in [1.29, 1.82) is 0 Å². The fourth-order valence-corrected chi connectivity index (χ4v) is 4.16. The monoisotopic (exact) mass is 397 g/mol. The molecule has 144 valence electrons. The van der Waals surface area contributed by atoms with E-state index in [2.05, 4.69) is 11.4 Å². The van der Waals surface area contributed by atoms with Crippen molar-refractivity contribution < 1.29 is 14.4 Å². The molecule has 1 N–H and O–H groups in total. The van der Waals surface area contributed by atoms with Crippen molar-refractivity contribution in [2.24, 2.45) is 0 Å². The van der Waals surface area contributed by atoms with Crippen LogP contribution in [0.25, 0.3) is 0 Å². The Kier molecular flexibility index (Phi) is 4.59. The second kappa shape index (κ2) is 6.95. The molecule has 0 aromatic heterocycles. The average Bonchev–Trinajstić information content (AvgIpc) is 2.91. The Morgan fingerprint density at radius 2 is 1.79 bits per heavy atom. The Balaban J connectivity index is 1.51. The van der Waals surface area contributed by atoms with E-state index in [1.165, 1.54) is 5.56 Å². The number of hydrogen-bond donors (Lipinski definition) is 1. The van der Waals surface area contributed by atoms with Crippen LogP contribution in [0.1, 0.15) is 23.6 Å². The van der Waals surface area contributed by atoms with E-state index in [0.717, 1.165) is 16.9 Å². The van der Waals surface area contributed by atoms with Crippen molar-refractivity contribution in [3.05, 3.63) is 70.2 Å². The Labute approximate surface area is 168 Å². The highest BCUT2D eigenvalue weighted by Gasteiger charge is 2.50. The summed E-state index contributed by atoms with van der Waals surface area (Å²) >= 11 is 6.23. The van der Waals surface area contributed by atoms with Crippen LogP contribution in [0.2, 0.25) is 5.02 Å². The molecule has 7 heteroatoms. The molecule has 1 saturated heterocycles. The number of imide groups is 1. The lowest BCUT2D eigenvalue weighted by atomic mass is 9.92. The van der Waals surface area contributed by atoms with E-state index in [0.29, 0.717) is 23.7 Å². The molecule has 2 heterocycles. The standard InChI is InChI=1S/C21H20ClN3O3/c1-21(16-8-4-5-9-17(16)22)19(27)25(20(28)23-21)13-18(26)24-11-10-14-6-2-3-7-15(14)12-24/h2-9H,10-13H2,1H3,(H,23,28)/t21-/m1/s1. The summed E-state index contributed by atoms with van der Waals surface area (Å²) in [6, 6.07) is 14.3. The maximum atomic E-state index is 13.0. The number of carbonyl (C=O) groups excluding carboxylic acids is 3. The summed E-state index contributed by atoms with van der Waals surface area (Å²) in [5.74, 6) is -0.724. The number of nitrogens with zero attached hydrogens (tertiary/aromatic N) is 2. The molecule has 4 amide bonds. The lowest BCUT2D eigenvalue weighted by molar-refractivity contribution is -0.139. The van der Waals surface area contributed by atoms with E-state index in [1.54, 1.807) is 36.1 Å². The Bertz CT molecular complexity index is 977. The normalized spacial score (nSPS) is 21.5. The first kappa shape index (κ1) is 18.5. The number of halogens is 1. The van der Waals surface area contributed by atoms with Crippen LogP contribution in [0, 0.1) is 0 Å². The van der Waals surface area contributed by atoms with Crippen molar-refractivity contribution in [2.75, 3.05) is 13.1 Å². The van der Waals surface area contributed by atoms with Crippen molar-refractivity contribution in [2.45, 2.75) is 25.4 Å². The van der Waals surface area contributed by atoms with Crippen LogP contribution in [0.3, 0.4) is 0 Å². The third kappa shape index (κ3) is 3.03. The molecule has 0 saturated carbocycles. The van der Waals surface area contributed by atoms with Gasteiger partial charge >= 0.3 is 6.03 Å². The first-order chi connectivity index (χ1) is 13.4. The smallest absolute Gasteiger partial charge is 0.325 e. The lowest BCUT2D eigenvalue weighted by Gasteiger charge is -2.30. The average molecular weight is 398 g/mol. The van der Waals surface area contributed by atoms with Gasteiger partial charge in [0.15, 0.2) is 0 Å². The molecule has 0 aliphatic carbocycles. The van der Waals surface area contributed by atoms with Crippen LogP contribution >= 0.6 is 11.6 Å². The molecule has 0 unspecified atom stereocenters. The van der Waals surface area contributed by atoms with E-state index in [-0.39, 0.29) is 12.5 Å². The van der Waals surface area contributed by atoms with Gasteiger partial charge in [-0.15, -0.1) is 0 Å². The molecule has 6 nitrogen and oxygen atoms in total. The molecule has 28 heavy (non-hydrogen) atoms. The zero-order chi connectivity index (χ0) is 19.9. The second-order valence-corrected chi connectivity index (χ2v) is 7.67. The first-order valence-electron chi connectivity index (χ1n) is 9.14. The Hall–Kier alpha value is -2.86. The van der Waals surface area contributed by atoms with Crippen molar-refractivity contribution in [3.63, 3.8) is 0 Å². The number of rotatable bonds is 3. The predicted molar refractivity (Wildman–Crippen MR) is 105 cm³/mol. The zero-order valence-corrected chi connectivity index (χ0v) is 16.2. The molecule has 2 aliphatic heterocycles. The highest BCUT2D eigenvalue weighted by atomic mass is 35.5. The topological polar surface area (TPSA) is 69.7 Å². The van der Waals surface area contributed by atoms with Crippen LogP contribution in [0.5, 0.6) is 0 Å². The van der Waals surface area contributed by atoms with Crippen LogP contribution in [0.15, 0.2) is 48.5 Å². The highest BCUT2D eigenvalue weighted by molar-refractivity contribution is 6.32. The molecule has 0 radical (unpaired) electrons. The first-order valence-corrected chi connectivity index (χ1v) is 9.51. The van der Waals surface area contributed by atoms with E-state index >= 15 is 0 Å². The minimum Gasteiger partial charge on any atom is -0.336 e. The summed E-state index contributed by atoms with van der Waals surface area (Å²) in [5.41, 5.74) is 1.55. The van der Waals surface area contributed by atoms with Gasteiger partial charge in [0.05, 0.1) is 0 Å². The summed E-state index contributed by atoms with van der Waals surface area (Å²) in [6.45, 7) is 2.38. The fraction of sp³-hybridized carbons (Fsp3) is 0.286. The molecule has 2 aromatic carbocycles. The summed E-state index contributed by atoms with van der Waals surface area (Å²) < 4.78 is 0. The fourth-order valence-electron chi connectivity index (χ4n) is 3.83. The third-order valence-corrected chi connectivity index (χ3v) is 5.79. The minimum atomic E-state index is -1.29. The predicted octanol–water partition coefficient (Wildman–Crippen LogP) is 2.69. The van der Waals surface area contributed by atoms with E-state index in [1.807, 2.05) is 18.2 Å². The number of nitrogens with one attached hydrogen (secondary N) is 1. The molecule has 2 aliphatic rings.